The molecule has 7 heteroatoms. The molecule has 1 N–H and O–H groups in total. The number of nitrogens with one attached hydrogen (secondary N) is 1. The third-order valence-corrected chi connectivity index (χ3v) is 4.63. The molecule has 0 saturated carbocycles. The Morgan fingerprint density at radius 2 is 1.81 bits per heavy atom. The molecule has 1 unspecified atom stereocenters. The Balaban J connectivity index is 0.000000278. The van der Waals surface area contributed by atoms with Gasteiger partial charge in [-0.1, -0.05) is 29.3 Å². The van der Waals surface area contributed by atoms with Crippen LogP contribution in [0, 0.1) is 0 Å². The summed E-state index contributed by atoms with van der Waals surface area (Å²) in [6.07, 6.45) is 5.08. The van der Waals surface area contributed by atoms with Crippen molar-refractivity contribution >= 4 is 34.8 Å². The van der Waals surface area contributed by atoms with Gasteiger partial charge in [-0.15, -0.1) is 0 Å². The summed E-state index contributed by atoms with van der Waals surface area (Å²) in [7, 11) is 1.48. The van der Waals surface area contributed by atoms with Crippen molar-refractivity contribution in [3.05, 3.63) is 83.3 Å². The van der Waals surface area contributed by atoms with Gasteiger partial charge in [0.1, 0.15) is 0 Å². The number of aromatic nitrogens is 2. The highest BCUT2D eigenvalue weighted by atomic mass is 35.5. The van der Waals surface area contributed by atoms with E-state index >= 15 is 0 Å². The highest BCUT2D eigenvalue weighted by Crippen LogP contribution is 2.48. The highest BCUT2D eigenvalue weighted by Gasteiger charge is 2.49. The van der Waals surface area contributed by atoms with Crippen LogP contribution in [0.4, 0.5) is 5.69 Å². The lowest BCUT2D eigenvalue weighted by molar-refractivity contribution is -0.117. The zero-order valence-corrected chi connectivity index (χ0v) is 15.3. The summed E-state index contributed by atoms with van der Waals surface area (Å²) >= 11 is 12.7. The predicted molar refractivity (Wildman–Crippen MR) is 102 cm³/mol. The Morgan fingerprint density at radius 1 is 1.04 bits per heavy atom. The van der Waals surface area contributed by atoms with E-state index in [9.17, 15) is 4.79 Å². The Bertz CT molecular complexity index is 895. The van der Waals surface area contributed by atoms with Gasteiger partial charge >= 0.3 is 0 Å². The van der Waals surface area contributed by atoms with Gasteiger partial charge in [0.25, 0.3) is 5.91 Å². The largest absolute Gasteiger partial charge is 0.481 e. The molecule has 26 heavy (non-hydrogen) atoms. The maximum absolute atomic E-state index is 12.4. The minimum atomic E-state index is -1.39. The fourth-order valence-electron chi connectivity index (χ4n) is 2.64. The smallest absolute Gasteiger partial charge is 0.255 e. The molecular formula is C19H15Cl2N3O2. The van der Waals surface area contributed by atoms with E-state index < -0.39 is 4.87 Å². The average molecular weight is 388 g/mol. The number of nitrogens with zero attached hydrogens (tertiary/aromatic N) is 2. The zero-order valence-electron chi connectivity index (χ0n) is 13.8. The van der Waals surface area contributed by atoms with E-state index in [2.05, 4.69) is 15.3 Å². The summed E-state index contributed by atoms with van der Waals surface area (Å²) in [6.45, 7) is 0. The molecule has 0 spiro atoms. The number of anilines is 1. The number of hydrogen-bond acceptors (Lipinski definition) is 4. The van der Waals surface area contributed by atoms with Gasteiger partial charge in [-0.2, -0.15) is 0 Å². The molecule has 5 nitrogen and oxygen atoms in total. The molecule has 1 amide bonds. The minimum absolute atomic E-state index is 0.311. The summed E-state index contributed by atoms with van der Waals surface area (Å²) in [5, 5.41) is 3.26. The molecule has 132 valence electrons. The number of hydrogen-bond donors (Lipinski definition) is 1. The summed E-state index contributed by atoms with van der Waals surface area (Å²) < 4.78 is 5.21. The van der Waals surface area contributed by atoms with Gasteiger partial charge in [0.2, 0.25) is 5.88 Å². The summed E-state index contributed by atoms with van der Waals surface area (Å²) in [6, 6.07) is 14.2. The maximum Gasteiger partial charge on any atom is 0.255 e. The van der Waals surface area contributed by atoms with E-state index in [-0.39, 0.29) is 5.91 Å². The first-order valence-electron chi connectivity index (χ1n) is 7.72. The van der Waals surface area contributed by atoms with E-state index in [0.717, 1.165) is 0 Å². The van der Waals surface area contributed by atoms with Gasteiger partial charge in [-0.3, -0.25) is 9.78 Å². The van der Waals surface area contributed by atoms with E-state index in [1.165, 1.54) is 7.11 Å². The zero-order chi connectivity index (χ0) is 18.6. The first-order valence-corrected chi connectivity index (χ1v) is 8.48. The van der Waals surface area contributed by atoms with Gasteiger partial charge < -0.3 is 10.1 Å². The lowest BCUT2D eigenvalue weighted by Gasteiger charge is -2.21. The van der Waals surface area contributed by atoms with Crippen molar-refractivity contribution in [1.29, 1.82) is 0 Å². The average Bonchev–Trinajstić information content (AvgIpc) is 2.95. The van der Waals surface area contributed by atoms with Gasteiger partial charge in [-0.05, 0) is 42.5 Å². The number of ether oxygens (including phenoxy) is 1. The van der Waals surface area contributed by atoms with Gasteiger partial charge in [-0.25, -0.2) is 4.98 Å². The molecule has 0 aliphatic carbocycles. The van der Waals surface area contributed by atoms with Crippen molar-refractivity contribution in [3.63, 3.8) is 0 Å². The third kappa shape index (κ3) is 3.36. The van der Waals surface area contributed by atoms with Crippen molar-refractivity contribution in [2.75, 3.05) is 12.4 Å². The second-order valence-corrected chi connectivity index (χ2v) is 6.39. The third-order valence-electron chi connectivity index (χ3n) is 3.82. The number of benzene rings is 1. The summed E-state index contributed by atoms with van der Waals surface area (Å²) in [5.74, 6) is -0.0341. The molecule has 0 fully saturated rings. The van der Waals surface area contributed by atoms with Gasteiger partial charge in [0.15, 0.2) is 4.87 Å². The van der Waals surface area contributed by atoms with Crippen LogP contribution < -0.4 is 10.1 Å². The molecule has 0 bridgehead atoms. The van der Waals surface area contributed by atoms with E-state index in [1.807, 2.05) is 18.2 Å². The van der Waals surface area contributed by atoms with E-state index in [0.29, 0.717) is 27.7 Å². The van der Waals surface area contributed by atoms with E-state index in [4.69, 9.17) is 27.9 Å². The topological polar surface area (TPSA) is 64.1 Å². The SMILES string of the molecule is COc1ncccc1C1(Cl)C(=O)Nc2ccc(Cl)cc21.c1ccncc1. The van der Waals surface area contributed by atoms with Crippen molar-refractivity contribution in [3.8, 4) is 5.88 Å². The second-order valence-electron chi connectivity index (χ2n) is 5.39. The molecule has 3 heterocycles. The van der Waals surface area contributed by atoms with Crippen LogP contribution in [0.1, 0.15) is 11.1 Å². The minimum Gasteiger partial charge on any atom is -0.481 e. The van der Waals surface area contributed by atoms with E-state index in [1.54, 1.807) is 48.9 Å². The fourth-order valence-corrected chi connectivity index (χ4v) is 3.16. The Labute approximate surface area is 161 Å². The summed E-state index contributed by atoms with van der Waals surface area (Å²) in [4.78, 5) is 18.9. The van der Waals surface area contributed by atoms with Crippen LogP contribution in [0.25, 0.3) is 0 Å². The number of amides is 1. The van der Waals surface area contributed by atoms with Crippen LogP contribution in [0.5, 0.6) is 5.88 Å². The Kier molecular flexibility index (Phi) is 5.40. The number of methoxy groups -OCH3 is 1. The normalized spacial score (nSPS) is 17.6. The monoisotopic (exact) mass is 387 g/mol. The van der Waals surface area contributed by atoms with Gasteiger partial charge in [0, 0.05) is 40.4 Å². The molecule has 0 saturated heterocycles. The highest BCUT2D eigenvalue weighted by molar-refractivity contribution is 6.41. The van der Waals surface area contributed by atoms with Crippen LogP contribution >= 0.6 is 23.2 Å². The number of carbonyl (C=O) groups is 1. The summed E-state index contributed by atoms with van der Waals surface area (Å²) in [5.41, 5.74) is 1.73. The number of carbonyl (C=O) groups excluding carboxylic acids is 1. The van der Waals surface area contributed by atoms with Crippen molar-refractivity contribution in [2.45, 2.75) is 4.87 Å². The standard InChI is InChI=1S/C14H10Cl2N2O2.C5H5N/c1-20-12-9(3-2-6-17-12)14(16)10-7-8(15)4-5-11(10)18-13(14)19;1-2-4-6-5-3-1/h2-7H,1H3,(H,18,19);1-5H. The van der Waals surface area contributed by atoms with Crippen LogP contribution in [0.3, 0.4) is 0 Å². The first-order chi connectivity index (χ1) is 12.6. The molecule has 2 aromatic heterocycles. The number of pyridine rings is 2. The van der Waals surface area contributed by atoms with Crippen LogP contribution in [0.2, 0.25) is 5.02 Å². The maximum atomic E-state index is 12.4. The number of rotatable bonds is 2. The number of fused-ring (bicyclic) bond motifs is 1. The molecule has 1 aliphatic heterocycles. The van der Waals surface area contributed by atoms with Gasteiger partial charge in [0.05, 0.1) is 7.11 Å². The molecule has 1 atom stereocenters. The van der Waals surface area contributed by atoms with Crippen LogP contribution in [0.15, 0.2) is 67.1 Å². The first kappa shape index (κ1) is 18.2. The molecule has 1 aromatic carbocycles. The number of halogens is 2. The van der Waals surface area contributed by atoms with Crippen molar-refractivity contribution in [1.82, 2.24) is 9.97 Å². The van der Waals surface area contributed by atoms with Crippen molar-refractivity contribution < 1.29 is 9.53 Å². The lowest BCUT2D eigenvalue weighted by atomic mass is 9.92. The number of alkyl halides is 1. The lowest BCUT2D eigenvalue weighted by Crippen LogP contribution is -2.30. The molecular weight excluding hydrogens is 373 g/mol. The quantitative estimate of drug-likeness (QED) is 0.667. The fraction of sp³-hybridized carbons (Fsp3) is 0.105. The molecule has 4 rings (SSSR count). The predicted octanol–water partition coefficient (Wildman–Crippen LogP) is 4.26. The van der Waals surface area contributed by atoms with Crippen molar-refractivity contribution in [2.24, 2.45) is 0 Å². The second kappa shape index (κ2) is 7.72. The molecule has 1 aliphatic rings. The van der Waals surface area contributed by atoms with Crippen LogP contribution in [-0.4, -0.2) is 23.0 Å². The molecule has 3 aromatic rings. The Morgan fingerprint density at radius 3 is 2.42 bits per heavy atom. The van der Waals surface area contributed by atoms with Crippen LogP contribution in [-0.2, 0) is 9.67 Å². The molecule has 0 radical (unpaired) electrons. The Hall–Kier alpha value is -2.63.